The Balaban J connectivity index is 1.86. The van der Waals surface area contributed by atoms with Crippen molar-refractivity contribution in [2.24, 2.45) is 5.41 Å². The van der Waals surface area contributed by atoms with Crippen molar-refractivity contribution in [3.05, 3.63) is 64.3 Å². The van der Waals surface area contributed by atoms with Crippen LogP contribution in [0, 0.1) is 12.3 Å². The predicted molar refractivity (Wildman–Crippen MR) is 150 cm³/mol. The van der Waals surface area contributed by atoms with Gasteiger partial charge in [0.2, 0.25) is 0 Å². The number of nitrogens with zero attached hydrogens (tertiary/aromatic N) is 2. The maximum Gasteiger partial charge on any atom is 0.171 e. The van der Waals surface area contributed by atoms with Crippen molar-refractivity contribution >= 4 is 31.5 Å². The molecule has 6 heteroatoms. The van der Waals surface area contributed by atoms with Gasteiger partial charge in [-0.1, -0.05) is 50.9 Å². The van der Waals surface area contributed by atoms with Crippen LogP contribution in [-0.2, 0) is 4.43 Å². The summed E-state index contributed by atoms with van der Waals surface area (Å²) in [6.07, 6.45) is 3.21. The second-order valence-corrected chi connectivity index (χ2v) is 14.2. The molecule has 1 N–H and O–H groups in total. The van der Waals surface area contributed by atoms with Gasteiger partial charge in [0.25, 0.3) is 0 Å². The Labute approximate surface area is 217 Å². The van der Waals surface area contributed by atoms with Crippen LogP contribution in [0.3, 0.4) is 0 Å². The topological polar surface area (TPSA) is 37.6 Å². The van der Waals surface area contributed by atoms with E-state index in [1.807, 2.05) is 12.1 Å². The van der Waals surface area contributed by atoms with Gasteiger partial charge in [-0.05, 0) is 87.3 Å². The number of halogens is 1. The third-order valence-corrected chi connectivity index (χ3v) is 8.14. The molecule has 0 radical (unpaired) electrons. The van der Waals surface area contributed by atoms with E-state index in [4.69, 9.17) is 16.0 Å². The van der Waals surface area contributed by atoms with Gasteiger partial charge in [0.1, 0.15) is 0 Å². The minimum Gasteiger partial charge on any atom is -0.413 e. The number of likely N-dealkylation sites (tertiary alicyclic amines) is 1. The van der Waals surface area contributed by atoms with E-state index in [0.717, 1.165) is 46.0 Å². The Kier molecular flexibility index (Phi) is 8.14. The largest absolute Gasteiger partial charge is 0.413 e. The number of benzene rings is 2. The maximum atomic E-state index is 11.5. The third-order valence-electron chi connectivity index (χ3n) is 7.07. The van der Waals surface area contributed by atoms with E-state index < -0.39 is 15.1 Å². The summed E-state index contributed by atoms with van der Waals surface area (Å²) in [7, 11) is -1.25. The second-order valence-electron chi connectivity index (χ2n) is 11.4. The zero-order valence-electron chi connectivity index (χ0n) is 22.1. The van der Waals surface area contributed by atoms with E-state index >= 15 is 0 Å². The first-order valence-corrected chi connectivity index (χ1v) is 16.2. The van der Waals surface area contributed by atoms with Gasteiger partial charge in [0.05, 0.1) is 17.7 Å². The van der Waals surface area contributed by atoms with Crippen LogP contribution in [0.25, 0.3) is 16.6 Å². The Hall–Kier alpha value is -1.63. The monoisotopic (exact) mass is 512 g/mol. The molecular weight excluding hydrogens is 472 g/mol. The first kappa shape index (κ1) is 26.4. The van der Waals surface area contributed by atoms with Crippen LogP contribution in [0.15, 0.2) is 42.5 Å². The van der Waals surface area contributed by atoms with Crippen LogP contribution >= 0.6 is 11.6 Å². The van der Waals surface area contributed by atoms with E-state index in [-0.39, 0.29) is 11.5 Å². The summed E-state index contributed by atoms with van der Waals surface area (Å²) < 4.78 is 8.83. The lowest BCUT2D eigenvalue weighted by Gasteiger charge is -2.33. The maximum absolute atomic E-state index is 11.5. The summed E-state index contributed by atoms with van der Waals surface area (Å²) in [5, 5.41) is 13.3. The fourth-order valence-electron chi connectivity index (χ4n) is 5.50. The molecule has 0 bridgehead atoms. The summed E-state index contributed by atoms with van der Waals surface area (Å²) in [6, 6.07) is 14.7. The molecule has 3 aromatic rings. The van der Waals surface area contributed by atoms with Gasteiger partial charge in [0.15, 0.2) is 9.04 Å². The minimum atomic E-state index is -1.25. The highest BCUT2D eigenvalue weighted by Gasteiger charge is 2.30. The Morgan fingerprint density at radius 3 is 2.29 bits per heavy atom. The lowest BCUT2D eigenvalue weighted by Crippen LogP contribution is -2.33. The van der Waals surface area contributed by atoms with Crippen LogP contribution in [0.5, 0.6) is 0 Å². The molecule has 1 aromatic heterocycles. The number of aliphatic hydroxyl groups is 1. The van der Waals surface area contributed by atoms with Gasteiger partial charge in [0, 0.05) is 33.9 Å². The van der Waals surface area contributed by atoms with E-state index in [1.165, 1.54) is 24.8 Å². The normalized spacial score (nSPS) is 17.3. The number of fused-ring (bicyclic) bond motifs is 1. The van der Waals surface area contributed by atoms with Crippen LogP contribution < -0.4 is 0 Å². The molecule has 190 valence electrons. The van der Waals surface area contributed by atoms with Crippen LogP contribution in [0.4, 0.5) is 0 Å². The first-order valence-electron chi connectivity index (χ1n) is 13.0. The first-order chi connectivity index (χ1) is 16.6. The van der Waals surface area contributed by atoms with Gasteiger partial charge >= 0.3 is 0 Å². The lowest BCUT2D eigenvalue weighted by molar-refractivity contribution is 0.0867. The molecular formula is C29H41ClN2O2Si. The Morgan fingerprint density at radius 2 is 1.69 bits per heavy atom. The molecule has 4 nitrogen and oxygen atoms in total. The second kappa shape index (κ2) is 10.8. The number of aromatic nitrogens is 1. The average molecular weight is 513 g/mol. The van der Waals surface area contributed by atoms with Gasteiger partial charge in [-0.2, -0.15) is 0 Å². The molecule has 1 fully saturated rings. The number of aliphatic hydroxyl groups excluding tert-OH is 1. The number of β-amino-alcohol motifs (C(OH)–C–C–N with tert-alkyl or cyclic N) is 1. The van der Waals surface area contributed by atoms with E-state index in [0.29, 0.717) is 6.54 Å². The number of hydrogen-bond acceptors (Lipinski definition) is 3. The van der Waals surface area contributed by atoms with Crippen LogP contribution in [0.1, 0.15) is 69.1 Å². The molecule has 4 rings (SSSR count). The van der Waals surface area contributed by atoms with Crippen molar-refractivity contribution < 1.29 is 9.53 Å². The van der Waals surface area contributed by atoms with Gasteiger partial charge < -0.3 is 19.0 Å². The van der Waals surface area contributed by atoms with E-state index in [2.05, 4.69) is 80.6 Å². The minimum absolute atomic E-state index is 0.0196. The molecule has 2 atom stereocenters. The molecule has 0 spiro atoms. The standard InChI is InChI=1S/C29H41ClN2O2Si/c1-20-27(26(33)19-31-16-8-7-9-17-31)24-15-10-21(28(29(2,3)4)34-35(5)6)18-25(24)32(20)23-13-11-22(30)12-14-23/h10-15,18,26,28,33,35H,7-9,16-17,19H2,1-6H3. The van der Waals surface area contributed by atoms with Crippen molar-refractivity contribution in [2.75, 3.05) is 19.6 Å². The van der Waals surface area contributed by atoms with Gasteiger partial charge in [-0.25, -0.2) is 0 Å². The molecule has 2 heterocycles. The van der Waals surface area contributed by atoms with E-state index in [1.54, 1.807) is 0 Å². The number of piperidine rings is 1. The lowest BCUT2D eigenvalue weighted by atomic mass is 9.84. The third kappa shape index (κ3) is 5.86. The molecule has 1 aliphatic heterocycles. The van der Waals surface area contributed by atoms with Crippen molar-refractivity contribution in [1.82, 2.24) is 9.47 Å². The summed E-state index contributed by atoms with van der Waals surface area (Å²) in [5.74, 6) is 0. The molecule has 2 unspecified atom stereocenters. The summed E-state index contributed by atoms with van der Waals surface area (Å²) in [4.78, 5) is 2.41. The van der Waals surface area contributed by atoms with Crippen molar-refractivity contribution in [3.63, 3.8) is 0 Å². The molecule has 2 aromatic carbocycles. The Morgan fingerprint density at radius 1 is 1.03 bits per heavy atom. The highest BCUT2D eigenvalue weighted by molar-refractivity contribution is 6.48. The SMILES string of the molecule is Cc1c(C(O)CN2CCCCC2)c2ccc(C(O[SiH](C)C)C(C)(C)C)cc2n1-c1ccc(Cl)cc1. The van der Waals surface area contributed by atoms with Crippen molar-refractivity contribution in [3.8, 4) is 5.69 Å². The quantitative estimate of drug-likeness (QED) is 0.340. The Bertz CT molecular complexity index is 1140. The molecule has 0 saturated carbocycles. The van der Waals surface area contributed by atoms with Crippen molar-refractivity contribution in [2.45, 2.75) is 72.3 Å². The highest BCUT2D eigenvalue weighted by atomic mass is 35.5. The molecule has 35 heavy (non-hydrogen) atoms. The van der Waals surface area contributed by atoms with Crippen LogP contribution in [0.2, 0.25) is 18.1 Å². The zero-order valence-corrected chi connectivity index (χ0v) is 24.1. The van der Waals surface area contributed by atoms with Crippen molar-refractivity contribution in [1.29, 1.82) is 0 Å². The number of hydrogen-bond donors (Lipinski definition) is 1. The fraction of sp³-hybridized carbons (Fsp3) is 0.517. The molecule has 1 saturated heterocycles. The van der Waals surface area contributed by atoms with Crippen LogP contribution in [-0.4, -0.2) is 43.2 Å². The molecule has 0 aliphatic carbocycles. The van der Waals surface area contributed by atoms with Gasteiger partial charge in [-0.15, -0.1) is 0 Å². The van der Waals surface area contributed by atoms with E-state index in [9.17, 15) is 5.11 Å². The summed E-state index contributed by atoms with van der Waals surface area (Å²) in [5.41, 5.74) is 5.44. The molecule has 0 amide bonds. The molecule has 1 aliphatic rings. The summed E-state index contributed by atoms with van der Waals surface area (Å²) in [6.45, 7) is 16.1. The smallest absolute Gasteiger partial charge is 0.171 e. The number of rotatable bonds is 7. The fourth-order valence-corrected chi connectivity index (χ4v) is 6.73. The zero-order chi connectivity index (χ0) is 25.3. The predicted octanol–water partition coefficient (Wildman–Crippen LogP) is 7.20. The summed E-state index contributed by atoms with van der Waals surface area (Å²) >= 11 is 6.22. The van der Waals surface area contributed by atoms with Gasteiger partial charge in [-0.3, -0.25) is 0 Å². The average Bonchev–Trinajstić information content (AvgIpc) is 3.09. The highest BCUT2D eigenvalue weighted by Crippen LogP contribution is 2.40.